The standard InChI is InChI=1S/C23H27N5O/c1-16-7-6-9-19(18(16)3)25-22-15-17(2)24-23(27-22)26-20-8-4-5-10-21(20)28-11-13-29-14-12-28/h4-10,15H,11-14H2,1-3H3,(H2,24,25,26,27). The van der Waals surface area contributed by atoms with Gasteiger partial charge in [0.15, 0.2) is 0 Å². The van der Waals surface area contributed by atoms with E-state index < -0.39 is 0 Å². The zero-order chi connectivity index (χ0) is 20.2. The average molecular weight is 390 g/mol. The van der Waals surface area contributed by atoms with Crippen LogP contribution in [-0.2, 0) is 4.74 Å². The molecule has 0 aliphatic carbocycles. The summed E-state index contributed by atoms with van der Waals surface area (Å²) < 4.78 is 5.49. The topological polar surface area (TPSA) is 62.3 Å². The van der Waals surface area contributed by atoms with Crippen molar-refractivity contribution in [3.63, 3.8) is 0 Å². The fourth-order valence-corrected chi connectivity index (χ4v) is 3.49. The lowest BCUT2D eigenvalue weighted by molar-refractivity contribution is 0.123. The Morgan fingerprint density at radius 3 is 2.45 bits per heavy atom. The summed E-state index contributed by atoms with van der Waals surface area (Å²) in [6, 6.07) is 16.5. The number of ether oxygens (including phenoxy) is 1. The number of rotatable bonds is 5. The van der Waals surface area contributed by atoms with E-state index in [9.17, 15) is 0 Å². The van der Waals surface area contributed by atoms with E-state index in [1.807, 2.05) is 19.1 Å². The van der Waals surface area contributed by atoms with E-state index in [4.69, 9.17) is 9.72 Å². The van der Waals surface area contributed by atoms with Crippen molar-refractivity contribution >= 4 is 28.8 Å². The summed E-state index contributed by atoms with van der Waals surface area (Å²) in [5, 5.41) is 6.86. The molecule has 150 valence electrons. The third kappa shape index (κ3) is 4.49. The lowest BCUT2D eigenvalue weighted by Gasteiger charge is -2.30. The largest absolute Gasteiger partial charge is 0.378 e. The molecule has 0 saturated carbocycles. The zero-order valence-corrected chi connectivity index (χ0v) is 17.2. The predicted molar refractivity (Wildman–Crippen MR) is 119 cm³/mol. The van der Waals surface area contributed by atoms with E-state index in [2.05, 4.69) is 70.8 Å². The van der Waals surface area contributed by atoms with Crippen molar-refractivity contribution in [2.24, 2.45) is 0 Å². The molecule has 1 aliphatic rings. The molecule has 3 aromatic rings. The first kappa shape index (κ1) is 19.2. The summed E-state index contributed by atoms with van der Waals surface area (Å²) in [6.45, 7) is 9.47. The van der Waals surface area contributed by atoms with Gasteiger partial charge in [-0.05, 0) is 50.1 Å². The van der Waals surface area contributed by atoms with Gasteiger partial charge in [-0.2, -0.15) is 4.98 Å². The second-order valence-corrected chi connectivity index (χ2v) is 7.33. The second-order valence-electron chi connectivity index (χ2n) is 7.33. The number of morpholine rings is 1. The number of nitrogens with one attached hydrogen (secondary N) is 2. The first-order chi connectivity index (χ1) is 14.1. The van der Waals surface area contributed by atoms with Gasteiger partial charge in [-0.1, -0.05) is 24.3 Å². The van der Waals surface area contributed by atoms with Crippen LogP contribution in [0.5, 0.6) is 0 Å². The normalized spacial score (nSPS) is 14.0. The van der Waals surface area contributed by atoms with E-state index in [-0.39, 0.29) is 0 Å². The molecule has 1 aromatic heterocycles. The molecule has 2 heterocycles. The van der Waals surface area contributed by atoms with Gasteiger partial charge in [0.05, 0.1) is 24.6 Å². The summed E-state index contributed by atoms with van der Waals surface area (Å²) in [7, 11) is 0. The highest BCUT2D eigenvalue weighted by Gasteiger charge is 2.15. The van der Waals surface area contributed by atoms with Crippen LogP contribution < -0.4 is 15.5 Å². The number of nitrogens with zero attached hydrogens (tertiary/aromatic N) is 3. The van der Waals surface area contributed by atoms with Crippen molar-refractivity contribution in [2.45, 2.75) is 20.8 Å². The maximum Gasteiger partial charge on any atom is 0.229 e. The first-order valence-corrected chi connectivity index (χ1v) is 9.98. The number of hydrogen-bond donors (Lipinski definition) is 2. The van der Waals surface area contributed by atoms with Gasteiger partial charge in [0.25, 0.3) is 0 Å². The monoisotopic (exact) mass is 389 g/mol. The molecule has 2 N–H and O–H groups in total. The Hall–Kier alpha value is -3.12. The first-order valence-electron chi connectivity index (χ1n) is 9.98. The Morgan fingerprint density at radius 2 is 1.62 bits per heavy atom. The highest BCUT2D eigenvalue weighted by Crippen LogP contribution is 2.29. The molecule has 0 atom stereocenters. The van der Waals surface area contributed by atoms with Crippen LogP contribution in [0, 0.1) is 20.8 Å². The maximum atomic E-state index is 5.49. The Morgan fingerprint density at radius 1 is 0.862 bits per heavy atom. The minimum Gasteiger partial charge on any atom is -0.378 e. The summed E-state index contributed by atoms with van der Waals surface area (Å²) >= 11 is 0. The number of aromatic nitrogens is 2. The fourth-order valence-electron chi connectivity index (χ4n) is 3.49. The molecule has 0 unspecified atom stereocenters. The van der Waals surface area contributed by atoms with Gasteiger partial charge in [-0.25, -0.2) is 4.98 Å². The summed E-state index contributed by atoms with van der Waals surface area (Å²) in [5.74, 6) is 1.36. The van der Waals surface area contributed by atoms with Gasteiger partial charge in [0.1, 0.15) is 5.82 Å². The molecule has 4 rings (SSSR count). The minimum atomic E-state index is 0.582. The number of anilines is 5. The van der Waals surface area contributed by atoms with Gasteiger partial charge < -0.3 is 20.3 Å². The highest BCUT2D eigenvalue weighted by molar-refractivity contribution is 5.74. The molecule has 1 saturated heterocycles. The number of hydrogen-bond acceptors (Lipinski definition) is 6. The Balaban J connectivity index is 1.60. The van der Waals surface area contributed by atoms with Crippen molar-refractivity contribution in [3.8, 4) is 0 Å². The van der Waals surface area contributed by atoms with Crippen LogP contribution in [0.1, 0.15) is 16.8 Å². The van der Waals surface area contributed by atoms with Gasteiger partial charge >= 0.3 is 0 Å². The molecular weight excluding hydrogens is 362 g/mol. The molecule has 6 heteroatoms. The predicted octanol–water partition coefficient (Wildman–Crippen LogP) is 4.73. The van der Waals surface area contributed by atoms with Crippen LogP contribution >= 0.6 is 0 Å². The van der Waals surface area contributed by atoms with Crippen LogP contribution in [0.3, 0.4) is 0 Å². The second kappa shape index (κ2) is 8.49. The van der Waals surface area contributed by atoms with Crippen LogP contribution in [0.2, 0.25) is 0 Å². The fraction of sp³-hybridized carbons (Fsp3) is 0.304. The number of para-hydroxylation sites is 2. The van der Waals surface area contributed by atoms with Crippen LogP contribution in [-0.4, -0.2) is 36.3 Å². The Labute approximate surface area is 172 Å². The van der Waals surface area contributed by atoms with Crippen LogP contribution in [0.25, 0.3) is 0 Å². The van der Waals surface area contributed by atoms with Crippen molar-refractivity contribution in [1.29, 1.82) is 0 Å². The van der Waals surface area contributed by atoms with E-state index in [1.54, 1.807) is 0 Å². The lowest BCUT2D eigenvalue weighted by atomic mass is 10.1. The highest BCUT2D eigenvalue weighted by atomic mass is 16.5. The summed E-state index contributed by atoms with van der Waals surface area (Å²) in [5.41, 5.74) is 6.57. The molecule has 2 aromatic carbocycles. The van der Waals surface area contributed by atoms with E-state index in [0.29, 0.717) is 5.95 Å². The van der Waals surface area contributed by atoms with Gasteiger partial charge in [0, 0.05) is 30.5 Å². The molecule has 1 fully saturated rings. The molecular formula is C23H27N5O. The third-order valence-corrected chi connectivity index (χ3v) is 5.22. The quantitative estimate of drug-likeness (QED) is 0.658. The van der Waals surface area contributed by atoms with Crippen LogP contribution in [0.15, 0.2) is 48.5 Å². The van der Waals surface area contributed by atoms with Crippen molar-refractivity contribution in [2.75, 3.05) is 41.8 Å². The van der Waals surface area contributed by atoms with Gasteiger partial charge in [-0.15, -0.1) is 0 Å². The molecule has 6 nitrogen and oxygen atoms in total. The summed E-state index contributed by atoms with van der Waals surface area (Å²) in [4.78, 5) is 11.6. The molecule has 29 heavy (non-hydrogen) atoms. The average Bonchev–Trinajstić information content (AvgIpc) is 2.72. The molecule has 0 radical (unpaired) electrons. The van der Waals surface area contributed by atoms with E-state index in [0.717, 1.165) is 54.9 Å². The van der Waals surface area contributed by atoms with Crippen molar-refractivity contribution in [1.82, 2.24) is 9.97 Å². The number of aryl methyl sites for hydroxylation is 2. The SMILES string of the molecule is Cc1cc(Nc2cccc(C)c2C)nc(Nc2ccccc2N2CCOCC2)n1. The molecule has 1 aliphatic heterocycles. The van der Waals surface area contributed by atoms with Crippen LogP contribution in [0.4, 0.5) is 28.8 Å². The lowest BCUT2D eigenvalue weighted by Crippen LogP contribution is -2.36. The Bertz CT molecular complexity index is 998. The molecule has 0 spiro atoms. The van der Waals surface area contributed by atoms with Crippen molar-refractivity contribution < 1.29 is 4.74 Å². The third-order valence-electron chi connectivity index (χ3n) is 5.22. The van der Waals surface area contributed by atoms with Gasteiger partial charge in [-0.3, -0.25) is 0 Å². The minimum absolute atomic E-state index is 0.582. The van der Waals surface area contributed by atoms with E-state index >= 15 is 0 Å². The van der Waals surface area contributed by atoms with Crippen molar-refractivity contribution in [3.05, 3.63) is 65.4 Å². The molecule has 0 bridgehead atoms. The van der Waals surface area contributed by atoms with Gasteiger partial charge in [0.2, 0.25) is 5.95 Å². The van der Waals surface area contributed by atoms with E-state index in [1.165, 1.54) is 11.1 Å². The smallest absolute Gasteiger partial charge is 0.229 e. The molecule has 0 amide bonds. The Kier molecular flexibility index (Phi) is 5.62. The zero-order valence-electron chi connectivity index (χ0n) is 17.2. The number of benzene rings is 2. The summed E-state index contributed by atoms with van der Waals surface area (Å²) in [6.07, 6.45) is 0. The maximum absolute atomic E-state index is 5.49.